The van der Waals surface area contributed by atoms with E-state index < -0.39 is 24.5 Å². The van der Waals surface area contributed by atoms with Gasteiger partial charge in [0.25, 0.3) is 0 Å². The van der Waals surface area contributed by atoms with Gasteiger partial charge in [0.2, 0.25) is 5.91 Å². The van der Waals surface area contributed by atoms with Gasteiger partial charge in [-0.2, -0.15) is 13.9 Å². The molecule has 29 heavy (non-hydrogen) atoms. The Kier molecular flexibility index (Phi) is 6.06. The third-order valence-electron chi connectivity index (χ3n) is 4.43. The van der Waals surface area contributed by atoms with E-state index in [9.17, 15) is 23.5 Å². The van der Waals surface area contributed by atoms with Crippen molar-refractivity contribution in [2.24, 2.45) is 5.10 Å². The molecule has 0 spiro atoms. The number of rotatable bonds is 7. The highest BCUT2D eigenvalue weighted by Gasteiger charge is 2.35. The summed E-state index contributed by atoms with van der Waals surface area (Å²) in [6, 6.07) is 11.8. The highest BCUT2D eigenvalue weighted by atomic mass is 19.3. The molecule has 0 saturated carbocycles. The third-order valence-corrected chi connectivity index (χ3v) is 4.43. The Bertz CT molecular complexity index is 948. The second kappa shape index (κ2) is 8.68. The van der Waals surface area contributed by atoms with E-state index >= 15 is 0 Å². The molecule has 7 nitrogen and oxygen atoms in total. The van der Waals surface area contributed by atoms with Gasteiger partial charge >= 0.3 is 12.6 Å². The normalized spacial score (nSPS) is 16.0. The number of carbonyl (C=O) groups excluding carboxylic acids is 1. The largest absolute Gasteiger partial charge is 0.508 e. The molecule has 1 heterocycles. The minimum atomic E-state index is -3.03. The monoisotopic (exact) mass is 404 g/mol. The molecule has 2 aromatic carbocycles. The average molecular weight is 404 g/mol. The lowest BCUT2D eigenvalue weighted by atomic mass is 9.97. The summed E-state index contributed by atoms with van der Waals surface area (Å²) in [5.74, 6) is -1.82. The molecule has 0 aliphatic carbocycles. The zero-order valence-corrected chi connectivity index (χ0v) is 15.2. The highest BCUT2D eigenvalue weighted by molar-refractivity contribution is 6.05. The standard InChI is InChI=1S/C20H18F2N2O5/c21-20(22)29-17-8-4-2-5-12(17)14-11-15(13-6-1-3-7-16(13)25)24(23-14)18(26)9-10-19(27)28/h1-8,15,20,25H,9-11H2,(H,27,28)/t15-/m1/s1. The first-order valence-electron chi connectivity index (χ1n) is 8.80. The van der Waals surface area contributed by atoms with E-state index in [1.54, 1.807) is 30.3 Å². The van der Waals surface area contributed by atoms with Crippen molar-refractivity contribution in [2.45, 2.75) is 31.9 Å². The third kappa shape index (κ3) is 4.68. The Morgan fingerprint density at radius 3 is 2.52 bits per heavy atom. The molecule has 0 unspecified atom stereocenters. The van der Waals surface area contributed by atoms with Crippen LogP contribution < -0.4 is 4.74 Å². The Labute approximate surface area is 164 Å². The summed E-state index contributed by atoms with van der Waals surface area (Å²) < 4.78 is 30.0. The second-order valence-corrected chi connectivity index (χ2v) is 6.33. The number of nitrogens with zero attached hydrogens (tertiary/aromatic N) is 2. The topological polar surface area (TPSA) is 99.4 Å². The number of ether oxygens (including phenoxy) is 1. The summed E-state index contributed by atoms with van der Waals surface area (Å²) in [7, 11) is 0. The molecule has 9 heteroatoms. The van der Waals surface area contributed by atoms with Crippen LogP contribution in [0.1, 0.15) is 36.4 Å². The minimum Gasteiger partial charge on any atom is -0.508 e. The molecule has 1 aliphatic heterocycles. The van der Waals surface area contributed by atoms with Crippen molar-refractivity contribution < 1.29 is 33.3 Å². The molecule has 0 radical (unpaired) electrons. The summed E-state index contributed by atoms with van der Waals surface area (Å²) in [6.45, 7) is -3.03. The maximum absolute atomic E-state index is 12.7. The first kappa shape index (κ1) is 20.2. The number of carboxylic acid groups (broad SMARTS) is 1. The molecule has 1 aliphatic rings. The van der Waals surface area contributed by atoms with E-state index in [1.807, 2.05) is 0 Å². The number of hydrogen-bond donors (Lipinski definition) is 2. The first-order chi connectivity index (χ1) is 13.9. The second-order valence-electron chi connectivity index (χ2n) is 6.33. The van der Waals surface area contributed by atoms with Crippen LogP contribution in [0.25, 0.3) is 0 Å². The maximum atomic E-state index is 12.7. The van der Waals surface area contributed by atoms with Crippen LogP contribution in [-0.2, 0) is 9.59 Å². The minimum absolute atomic E-state index is 0.0536. The van der Waals surface area contributed by atoms with Gasteiger partial charge in [0.1, 0.15) is 11.5 Å². The Morgan fingerprint density at radius 1 is 1.14 bits per heavy atom. The van der Waals surface area contributed by atoms with Crippen molar-refractivity contribution in [1.29, 1.82) is 0 Å². The number of para-hydroxylation sites is 2. The van der Waals surface area contributed by atoms with Gasteiger partial charge in [-0.1, -0.05) is 30.3 Å². The van der Waals surface area contributed by atoms with E-state index in [4.69, 9.17) is 5.11 Å². The number of halogens is 2. The molecule has 1 atom stereocenters. The Hall–Kier alpha value is -3.49. The number of aliphatic carboxylic acids is 1. The van der Waals surface area contributed by atoms with Crippen molar-refractivity contribution in [3.05, 3.63) is 59.7 Å². The van der Waals surface area contributed by atoms with Crippen LogP contribution in [0.2, 0.25) is 0 Å². The smallest absolute Gasteiger partial charge is 0.387 e. The molecule has 0 saturated heterocycles. The van der Waals surface area contributed by atoms with Gasteiger partial charge in [-0.15, -0.1) is 0 Å². The Morgan fingerprint density at radius 2 is 1.83 bits per heavy atom. The lowest BCUT2D eigenvalue weighted by Gasteiger charge is -2.22. The summed E-state index contributed by atoms with van der Waals surface area (Å²) >= 11 is 0. The van der Waals surface area contributed by atoms with Crippen LogP contribution in [0, 0.1) is 0 Å². The summed E-state index contributed by atoms with van der Waals surface area (Å²) in [5, 5.41) is 24.4. The van der Waals surface area contributed by atoms with Gasteiger partial charge in [0.15, 0.2) is 0 Å². The number of benzene rings is 2. The quantitative estimate of drug-likeness (QED) is 0.735. The fourth-order valence-corrected chi connectivity index (χ4v) is 3.15. The number of carboxylic acids is 1. The fraction of sp³-hybridized carbons (Fsp3) is 0.250. The summed E-state index contributed by atoms with van der Waals surface area (Å²) in [5.41, 5.74) is 1.03. The maximum Gasteiger partial charge on any atom is 0.387 e. The highest BCUT2D eigenvalue weighted by Crippen LogP contribution is 2.38. The summed E-state index contributed by atoms with van der Waals surface area (Å²) in [4.78, 5) is 23.4. The van der Waals surface area contributed by atoms with Crippen molar-refractivity contribution in [3.63, 3.8) is 0 Å². The van der Waals surface area contributed by atoms with Gasteiger partial charge in [-0.3, -0.25) is 9.59 Å². The lowest BCUT2D eigenvalue weighted by Crippen LogP contribution is -2.27. The van der Waals surface area contributed by atoms with Gasteiger partial charge in [0, 0.05) is 24.0 Å². The van der Waals surface area contributed by atoms with Gasteiger partial charge in [-0.05, 0) is 18.2 Å². The molecular formula is C20H18F2N2O5. The molecule has 1 amide bonds. The van der Waals surface area contributed by atoms with Crippen molar-refractivity contribution in [2.75, 3.05) is 0 Å². The van der Waals surface area contributed by atoms with E-state index in [0.29, 0.717) is 16.8 Å². The molecule has 2 N–H and O–H groups in total. The van der Waals surface area contributed by atoms with Crippen LogP contribution in [0.5, 0.6) is 11.5 Å². The van der Waals surface area contributed by atoms with Gasteiger partial charge < -0.3 is 14.9 Å². The number of hydrogen-bond acceptors (Lipinski definition) is 5. The number of alkyl halides is 2. The molecule has 0 bridgehead atoms. The van der Waals surface area contributed by atoms with Gasteiger partial charge in [0.05, 0.1) is 18.2 Å². The molecule has 0 fully saturated rings. The number of carbonyl (C=O) groups is 2. The van der Waals surface area contributed by atoms with E-state index in [0.717, 1.165) is 5.01 Å². The predicted molar refractivity (Wildman–Crippen MR) is 98.8 cm³/mol. The van der Waals surface area contributed by atoms with E-state index in [-0.39, 0.29) is 30.8 Å². The van der Waals surface area contributed by atoms with Crippen LogP contribution in [0.4, 0.5) is 8.78 Å². The predicted octanol–water partition coefficient (Wildman–Crippen LogP) is 3.54. The molecule has 2 aromatic rings. The van der Waals surface area contributed by atoms with Gasteiger partial charge in [-0.25, -0.2) is 5.01 Å². The number of hydrazone groups is 1. The molecule has 0 aromatic heterocycles. The lowest BCUT2D eigenvalue weighted by molar-refractivity contribution is -0.141. The molecular weight excluding hydrogens is 386 g/mol. The van der Waals surface area contributed by atoms with Crippen LogP contribution in [-0.4, -0.2) is 39.4 Å². The van der Waals surface area contributed by atoms with Crippen LogP contribution >= 0.6 is 0 Å². The van der Waals surface area contributed by atoms with Crippen LogP contribution in [0.3, 0.4) is 0 Å². The SMILES string of the molecule is O=C(O)CCC(=O)N1N=C(c2ccccc2OC(F)F)C[C@@H]1c1ccccc1O. The Balaban J connectivity index is 1.97. The molecule has 3 rings (SSSR count). The number of aromatic hydroxyl groups is 1. The van der Waals surface area contributed by atoms with Crippen molar-refractivity contribution in [1.82, 2.24) is 5.01 Å². The first-order valence-corrected chi connectivity index (χ1v) is 8.80. The number of amides is 1. The van der Waals surface area contributed by atoms with Crippen molar-refractivity contribution in [3.8, 4) is 11.5 Å². The summed E-state index contributed by atoms with van der Waals surface area (Å²) in [6.07, 6.45) is -0.524. The molecule has 152 valence electrons. The van der Waals surface area contributed by atoms with E-state index in [2.05, 4.69) is 9.84 Å². The zero-order chi connectivity index (χ0) is 21.0. The van der Waals surface area contributed by atoms with Crippen molar-refractivity contribution >= 4 is 17.6 Å². The zero-order valence-electron chi connectivity index (χ0n) is 15.2. The van der Waals surface area contributed by atoms with E-state index in [1.165, 1.54) is 18.2 Å². The van der Waals surface area contributed by atoms with Crippen LogP contribution in [0.15, 0.2) is 53.6 Å². The number of phenols is 1. The fourth-order valence-electron chi connectivity index (χ4n) is 3.15. The average Bonchev–Trinajstić information content (AvgIpc) is 3.11. The number of phenolic OH excluding ortho intramolecular Hbond substituents is 1.